The fourth-order valence-electron chi connectivity index (χ4n) is 3.01. The molecule has 0 aromatic carbocycles. The van der Waals surface area contributed by atoms with Crippen LogP contribution in [-0.4, -0.2) is 41.8 Å². The van der Waals surface area contributed by atoms with Crippen molar-refractivity contribution in [2.75, 3.05) is 13.1 Å². The summed E-state index contributed by atoms with van der Waals surface area (Å²) in [5, 5.41) is 2.97. The molecule has 1 saturated heterocycles. The fourth-order valence-corrected chi connectivity index (χ4v) is 3.01. The molecule has 1 rings (SSSR count). The van der Waals surface area contributed by atoms with Gasteiger partial charge in [0.25, 0.3) is 0 Å². The summed E-state index contributed by atoms with van der Waals surface area (Å²) >= 11 is 0. The zero-order valence-corrected chi connectivity index (χ0v) is 14.7. The van der Waals surface area contributed by atoms with Crippen molar-refractivity contribution < 1.29 is 9.53 Å². The smallest absolute Gasteiger partial charge is 0.407 e. The maximum absolute atomic E-state index is 11.8. The normalized spacial score (nSPS) is 22.1. The highest BCUT2D eigenvalue weighted by atomic mass is 16.6. The van der Waals surface area contributed by atoms with Gasteiger partial charge in [0.1, 0.15) is 5.60 Å². The van der Waals surface area contributed by atoms with Gasteiger partial charge < -0.3 is 15.0 Å². The summed E-state index contributed by atoms with van der Waals surface area (Å²) in [5.41, 5.74) is -0.432. The van der Waals surface area contributed by atoms with Gasteiger partial charge >= 0.3 is 6.09 Å². The molecule has 21 heavy (non-hydrogen) atoms. The van der Waals surface area contributed by atoms with Crippen molar-refractivity contribution in [2.45, 2.75) is 84.9 Å². The molecular formula is C17H34N2O2. The van der Waals surface area contributed by atoms with Crippen LogP contribution >= 0.6 is 0 Å². The van der Waals surface area contributed by atoms with Gasteiger partial charge in [0, 0.05) is 18.6 Å². The minimum atomic E-state index is -0.432. The van der Waals surface area contributed by atoms with Crippen molar-refractivity contribution in [1.29, 1.82) is 0 Å². The Morgan fingerprint density at radius 2 is 1.95 bits per heavy atom. The first kappa shape index (κ1) is 18.3. The van der Waals surface area contributed by atoms with Gasteiger partial charge in [-0.25, -0.2) is 4.79 Å². The Labute approximate surface area is 130 Å². The number of rotatable bonds is 5. The van der Waals surface area contributed by atoms with Crippen LogP contribution in [0.15, 0.2) is 0 Å². The van der Waals surface area contributed by atoms with Crippen LogP contribution < -0.4 is 5.32 Å². The number of piperidine rings is 1. The summed E-state index contributed by atoms with van der Waals surface area (Å²) < 4.78 is 5.33. The lowest BCUT2D eigenvalue weighted by Gasteiger charge is -2.38. The summed E-state index contributed by atoms with van der Waals surface area (Å²) in [7, 11) is 0. The van der Waals surface area contributed by atoms with Crippen LogP contribution in [0.25, 0.3) is 0 Å². The van der Waals surface area contributed by atoms with E-state index in [1.54, 1.807) is 0 Å². The zero-order chi connectivity index (χ0) is 16.0. The van der Waals surface area contributed by atoms with Gasteiger partial charge in [-0.3, -0.25) is 0 Å². The first-order valence-corrected chi connectivity index (χ1v) is 8.41. The van der Waals surface area contributed by atoms with E-state index >= 15 is 0 Å². The van der Waals surface area contributed by atoms with Gasteiger partial charge in [0.15, 0.2) is 0 Å². The van der Waals surface area contributed by atoms with Crippen LogP contribution in [0, 0.1) is 5.92 Å². The monoisotopic (exact) mass is 298 g/mol. The number of amides is 1. The number of carbonyl (C=O) groups excluding carboxylic acids is 1. The van der Waals surface area contributed by atoms with Crippen LogP contribution in [0.4, 0.5) is 4.79 Å². The van der Waals surface area contributed by atoms with Crippen molar-refractivity contribution >= 4 is 6.09 Å². The van der Waals surface area contributed by atoms with Gasteiger partial charge in [-0.1, -0.05) is 20.3 Å². The maximum Gasteiger partial charge on any atom is 0.407 e. The number of hydrogen-bond donors (Lipinski definition) is 1. The third-order valence-corrected chi connectivity index (χ3v) is 3.74. The molecule has 0 bridgehead atoms. The molecule has 0 aromatic heterocycles. The molecule has 2 unspecified atom stereocenters. The van der Waals surface area contributed by atoms with Gasteiger partial charge in [0.05, 0.1) is 0 Å². The highest BCUT2D eigenvalue weighted by molar-refractivity contribution is 5.68. The summed E-state index contributed by atoms with van der Waals surface area (Å²) in [4.78, 5) is 14.4. The third kappa shape index (κ3) is 7.70. The predicted molar refractivity (Wildman–Crippen MR) is 87.5 cm³/mol. The lowest BCUT2D eigenvalue weighted by Crippen LogP contribution is -2.46. The first-order valence-electron chi connectivity index (χ1n) is 8.41. The molecule has 0 aromatic rings. The average Bonchev–Trinajstić information content (AvgIpc) is 2.28. The second-order valence-corrected chi connectivity index (χ2v) is 7.82. The second-order valence-electron chi connectivity index (χ2n) is 7.82. The molecule has 1 aliphatic heterocycles. The predicted octanol–water partition coefficient (Wildman–Crippen LogP) is 3.80. The number of hydrogen-bond acceptors (Lipinski definition) is 3. The lowest BCUT2D eigenvalue weighted by atomic mass is 9.95. The van der Waals surface area contributed by atoms with E-state index in [4.69, 9.17) is 4.74 Å². The molecule has 1 N–H and O–H groups in total. The molecule has 0 spiro atoms. The van der Waals surface area contributed by atoms with Crippen LogP contribution in [-0.2, 0) is 4.74 Å². The Morgan fingerprint density at radius 1 is 1.29 bits per heavy atom. The van der Waals surface area contributed by atoms with E-state index in [2.05, 4.69) is 31.0 Å². The van der Waals surface area contributed by atoms with Crippen molar-refractivity contribution in [3.8, 4) is 0 Å². The first-order chi connectivity index (χ1) is 9.67. The number of alkyl carbamates (subject to hydrolysis) is 1. The number of nitrogens with one attached hydrogen (secondary N) is 1. The molecule has 0 saturated carbocycles. The van der Waals surface area contributed by atoms with E-state index in [0.717, 1.165) is 13.0 Å². The quantitative estimate of drug-likeness (QED) is 0.839. The minimum absolute atomic E-state index is 0.151. The van der Waals surface area contributed by atoms with Gasteiger partial charge in [0.2, 0.25) is 0 Å². The molecule has 124 valence electrons. The molecular weight excluding hydrogens is 264 g/mol. The van der Waals surface area contributed by atoms with E-state index in [0.29, 0.717) is 12.0 Å². The fraction of sp³-hybridized carbons (Fsp3) is 0.941. The topological polar surface area (TPSA) is 41.6 Å². The third-order valence-electron chi connectivity index (χ3n) is 3.74. The summed E-state index contributed by atoms with van der Waals surface area (Å²) in [6.07, 6.45) is 4.55. The van der Waals surface area contributed by atoms with Crippen LogP contribution in [0.3, 0.4) is 0 Å². The van der Waals surface area contributed by atoms with Gasteiger partial charge in [-0.2, -0.15) is 0 Å². The van der Waals surface area contributed by atoms with E-state index < -0.39 is 5.60 Å². The molecule has 1 aliphatic rings. The van der Waals surface area contributed by atoms with Gasteiger partial charge in [-0.15, -0.1) is 0 Å². The van der Waals surface area contributed by atoms with Crippen molar-refractivity contribution in [3.63, 3.8) is 0 Å². The van der Waals surface area contributed by atoms with Crippen LogP contribution in [0.2, 0.25) is 0 Å². The number of nitrogens with zero attached hydrogens (tertiary/aromatic N) is 1. The molecule has 0 aliphatic carbocycles. The van der Waals surface area contributed by atoms with Crippen molar-refractivity contribution in [1.82, 2.24) is 10.2 Å². The maximum atomic E-state index is 11.8. The van der Waals surface area contributed by atoms with Crippen LogP contribution in [0.5, 0.6) is 0 Å². The molecule has 4 heteroatoms. The van der Waals surface area contributed by atoms with E-state index in [1.807, 2.05) is 20.8 Å². The Balaban J connectivity index is 2.44. The second kappa shape index (κ2) is 8.02. The summed E-state index contributed by atoms with van der Waals surface area (Å²) in [5.74, 6) is 0.694. The standard InChI is InChI=1S/C17H34N2O2/c1-13(2)12-19-10-8-7-9-15(19)11-14(3)18-16(20)21-17(4,5)6/h13-15H,7-12H2,1-6H3,(H,18,20). The summed E-state index contributed by atoms with van der Waals surface area (Å²) in [6, 6.07) is 0.740. The highest BCUT2D eigenvalue weighted by Crippen LogP contribution is 2.22. The number of likely N-dealkylation sites (tertiary alicyclic amines) is 1. The Kier molecular flexibility index (Phi) is 6.98. The Hall–Kier alpha value is -0.770. The summed E-state index contributed by atoms with van der Waals surface area (Å²) in [6.45, 7) is 14.6. The Bertz CT molecular complexity index is 323. The number of carbonyl (C=O) groups is 1. The molecule has 0 radical (unpaired) electrons. The van der Waals surface area contributed by atoms with Crippen molar-refractivity contribution in [3.05, 3.63) is 0 Å². The molecule has 1 fully saturated rings. The molecule has 1 heterocycles. The molecule has 2 atom stereocenters. The van der Waals surface area contributed by atoms with Gasteiger partial charge in [-0.05, 0) is 59.4 Å². The number of ether oxygens (including phenoxy) is 1. The van der Waals surface area contributed by atoms with Crippen LogP contribution in [0.1, 0.15) is 67.2 Å². The van der Waals surface area contributed by atoms with Crippen molar-refractivity contribution in [2.24, 2.45) is 5.92 Å². The molecule has 4 nitrogen and oxygen atoms in total. The Morgan fingerprint density at radius 3 is 2.52 bits per heavy atom. The van der Waals surface area contributed by atoms with E-state index in [-0.39, 0.29) is 12.1 Å². The SMILES string of the molecule is CC(C)CN1CCCCC1CC(C)NC(=O)OC(C)(C)C. The average molecular weight is 298 g/mol. The minimum Gasteiger partial charge on any atom is -0.444 e. The van der Waals surface area contributed by atoms with E-state index in [1.165, 1.54) is 25.8 Å². The zero-order valence-electron chi connectivity index (χ0n) is 14.7. The lowest BCUT2D eigenvalue weighted by molar-refractivity contribution is 0.0486. The highest BCUT2D eigenvalue weighted by Gasteiger charge is 2.25. The van der Waals surface area contributed by atoms with E-state index in [9.17, 15) is 4.79 Å². The molecule has 1 amide bonds. The largest absolute Gasteiger partial charge is 0.444 e.